The molecule has 0 saturated heterocycles. The third kappa shape index (κ3) is 9.89. The zero-order valence-electron chi connectivity index (χ0n) is 17.2. The molecule has 0 aliphatic carbocycles. The van der Waals surface area contributed by atoms with Gasteiger partial charge in [0.25, 0.3) is 0 Å². The van der Waals surface area contributed by atoms with E-state index in [0.29, 0.717) is 30.8 Å². The second-order valence-corrected chi connectivity index (χ2v) is 6.73. The molecule has 1 aromatic heterocycles. The summed E-state index contributed by atoms with van der Waals surface area (Å²) in [6, 6.07) is 8.34. The maximum atomic E-state index is 14.3. The molecule has 0 saturated carbocycles. The highest BCUT2D eigenvalue weighted by molar-refractivity contribution is 14.0. The number of nitrogens with one attached hydrogen (secondary N) is 2. The molecule has 0 aliphatic heterocycles. The van der Waals surface area contributed by atoms with E-state index in [1.165, 1.54) is 6.07 Å². The Balaban J connectivity index is 0.00000420. The second kappa shape index (κ2) is 14.1. The van der Waals surface area contributed by atoms with Crippen LogP contribution in [0.15, 0.2) is 47.7 Å². The van der Waals surface area contributed by atoms with Gasteiger partial charge in [-0.25, -0.2) is 4.39 Å². The van der Waals surface area contributed by atoms with Gasteiger partial charge < -0.3 is 20.1 Å². The Hall–Kier alpha value is -1.94. The van der Waals surface area contributed by atoms with Crippen molar-refractivity contribution in [2.45, 2.75) is 26.8 Å². The number of halogens is 2. The molecule has 0 fully saturated rings. The first kappa shape index (κ1) is 25.1. The first-order valence-corrected chi connectivity index (χ1v) is 9.47. The van der Waals surface area contributed by atoms with Crippen LogP contribution in [0.3, 0.4) is 0 Å². The van der Waals surface area contributed by atoms with Crippen molar-refractivity contribution in [1.29, 1.82) is 0 Å². The molecule has 2 aromatic rings. The van der Waals surface area contributed by atoms with Crippen molar-refractivity contribution in [3.8, 4) is 11.5 Å². The predicted molar refractivity (Wildman–Crippen MR) is 125 cm³/mol. The van der Waals surface area contributed by atoms with Crippen LogP contribution in [0.2, 0.25) is 0 Å². The van der Waals surface area contributed by atoms with Crippen LogP contribution in [0.5, 0.6) is 11.5 Å². The first-order valence-electron chi connectivity index (χ1n) is 9.47. The molecular formula is C21H30FIN4O2. The van der Waals surface area contributed by atoms with E-state index < -0.39 is 5.82 Å². The molecule has 2 N–H and O–H groups in total. The fourth-order valence-corrected chi connectivity index (χ4v) is 2.38. The minimum Gasteiger partial charge on any atom is -0.453 e. The molecule has 0 aliphatic rings. The van der Waals surface area contributed by atoms with E-state index in [1.54, 1.807) is 37.6 Å². The van der Waals surface area contributed by atoms with Crippen LogP contribution >= 0.6 is 24.0 Å². The van der Waals surface area contributed by atoms with E-state index in [0.717, 1.165) is 25.1 Å². The fraction of sp³-hybridized carbons (Fsp3) is 0.429. The van der Waals surface area contributed by atoms with E-state index in [9.17, 15) is 4.39 Å². The minimum atomic E-state index is -0.423. The summed E-state index contributed by atoms with van der Waals surface area (Å²) in [7, 11) is 1.70. The fourth-order valence-electron chi connectivity index (χ4n) is 2.38. The van der Waals surface area contributed by atoms with E-state index >= 15 is 0 Å². The standard InChI is InChI=1S/C21H29FN4O2.HI/c1-16(2)15-27-11-5-10-25-21(23-3)26-13-17-7-8-20(19(22)12-17)28-18-6-4-9-24-14-18;/h4,6-9,12,14,16H,5,10-11,13,15H2,1-3H3,(H2,23,25,26);1H. The van der Waals surface area contributed by atoms with Crippen LogP contribution in [0, 0.1) is 11.7 Å². The van der Waals surface area contributed by atoms with Gasteiger partial charge in [-0.3, -0.25) is 9.98 Å². The number of benzene rings is 1. The lowest BCUT2D eigenvalue weighted by atomic mass is 10.2. The van der Waals surface area contributed by atoms with Gasteiger partial charge in [-0.1, -0.05) is 19.9 Å². The summed E-state index contributed by atoms with van der Waals surface area (Å²) in [5.74, 6) is 1.45. The Morgan fingerprint density at radius 1 is 1.24 bits per heavy atom. The average Bonchev–Trinajstić information content (AvgIpc) is 2.69. The van der Waals surface area contributed by atoms with Crippen molar-refractivity contribution < 1.29 is 13.9 Å². The van der Waals surface area contributed by atoms with Crippen molar-refractivity contribution in [2.24, 2.45) is 10.9 Å². The van der Waals surface area contributed by atoms with E-state index in [-0.39, 0.29) is 29.7 Å². The van der Waals surface area contributed by atoms with Crippen LogP contribution in [-0.2, 0) is 11.3 Å². The average molecular weight is 516 g/mol. The highest BCUT2D eigenvalue weighted by atomic mass is 127. The predicted octanol–water partition coefficient (Wildman–Crippen LogP) is 4.36. The van der Waals surface area contributed by atoms with Crippen LogP contribution in [0.25, 0.3) is 0 Å². The molecule has 29 heavy (non-hydrogen) atoms. The van der Waals surface area contributed by atoms with E-state index in [1.807, 2.05) is 6.07 Å². The van der Waals surface area contributed by atoms with Crippen molar-refractivity contribution in [3.63, 3.8) is 0 Å². The smallest absolute Gasteiger partial charge is 0.191 e. The molecule has 0 bridgehead atoms. The molecule has 0 unspecified atom stereocenters. The molecule has 1 heterocycles. The third-order valence-electron chi connectivity index (χ3n) is 3.75. The summed E-state index contributed by atoms with van der Waals surface area (Å²) < 4.78 is 25.3. The summed E-state index contributed by atoms with van der Waals surface area (Å²) in [4.78, 5) is 8.12. The van der Waals surface area contributed by atoms with Gasteiger partial charge in [0.2, 0.25) is 0 Å². The quantitative estimate of drug-likeness (QED) is 0.213. The summed E-state index contributed by atoms with van der Waals surface area (Å²) in [6.45, 7) is 6.96. The number of aliphatic imine (C=N–C) groups is 1. The monoisotopic (exact) mass is 516 g/mol. The van der Waals surface area contributed by atoms with Crippen LogP contribution < -0.4 is 15.4 Å². The molecular weight excluding hydrogens is 486 g/mol. The lowest BCUT2D eigenvalue weighted by Gasteiger charge is -2.13. The number of guanidine groups is 1. The van der Waals surface area contributed by atoms with Gasteiger partial charge in [0.15, 0.2) is 17.5 Å². The molecule has 2 rings (SSSR count). The second-order valence-electron chi connectivity index (χ2n) is 6.73. The molecule has 160 valence electrons. The number of rotatable bonds is 10. The number of hydrogen-bond donors (Lipinski definition) is 2. The lowest BCUT2D eigenvalue weighted by molar-refractivity contribution is 0.108. The molecule has 8 heteroatoms. The highest BCUT2D eigenvalue weighted by Gasteiger charge is 2.07. The molecule has 0 amide bonds. The van der Waals surface area contributed by atoms with E-state index in [2.05, 4.69) is 34.5 Å². The lowest BCUT2D eigenvalue weighted by Crippen LogP contribution is -2.37. The molecule has 1 aromatic carbocycles. The number of nitrogens with zero attached hydrogens (tertiary/aromatic N) is 2. The van der Waals surface area contributed by atoms with Crippen molar-refractivity contribution in [1.82, 2.24) is 15.6 Å². The zero-order valence-corrected chi connectivity index (χ0v) is 19.5. The van der Waals surface area contributed by atoms with Crippen LogP contribution in [0.1, 0.15) is 25.8 Å². The maximum Gasteiger partial charge on any atom is 0.191 e. The summed E-state index contributed by atoms with van der Waals surface area (Å²) in [6.07, 6.45) is 4.07. The molecule has 0 spiro atoms. The number of pyridine rings is 1. The summed E-state index contributed by atoms with van der Waals surface area (Å²) in [5, 5.41) is 6.39. The number of aromatic nitrogens is 1. The van der Waals surface area contributed by atoms with Crippen LogP contribution in [-0.4, -0.2) is 37.7 Å². The SMILES string of the molecule is CN=C(NCCCOCC(C)C)NCc1ccc(Oc2cccnc2)c(F)c1.I. The van der Waals surface area contributed by atoms with Gasteiger partial charge in [0, 0.05) is 39.5 Å². The summed E-state index contributed by atoms with van der Waals surface area (Å²) in [5.41, 5.74) is 0.791. The zero-order chi connectivity index (χ0) is 20.2. The number of ether oxygens (including phenoxy) is 2. The normalized spacial score (nSPS) is 11.1. The first-order chi connectivity index (χ1) is 13.6. The van der Waals surface area contributed by atoms with Crippen LogP contribution in [0.4, 0.5) is 4.39 Å². The van der Waals surface area contributed by atoms with Gasteiger partial charge in [-0.2, -0.15) is 0 Å². The van der Waals surface area contributed by atoms with Gasteiger partial charge in [-0.15, -0.1) is 24.0 Å². The van der Waals surface area contributed by atoms with Gasteiger partial charge in [-0.05, 0) is 42.2 Å². The van der Waals surface area contributed by atoms with Crippen molar-refractivity contribution in [3.05, 3.63) is 54.1 Å². The Kier molecular flexibility index (Phi) is 12.2. The minimum absolute atomic E-state index is 0. The molecule has 6 nitrogen and oxygen atoms in total. The Morgan fingerprint density at radius 2 is 2.07 bits per heavy atom. The van der Waals surface area contributed by atoms with Gasteiger partial charge in [0.1, 0.15) is 5.75 Å². The maximum absolute atomic E-state index is 14.3. The van der Waals surface area contributed by atoms with Crippen molar-refractivity contribution in [2.75, 3.05) is 26.8 Å². The summed E-state index contributed by atoms with van der Waals surface area (Å²) >= 11 is 0. The van der Waals surface area contributed by atoms with Gasteiger partial charge in [0.05, 0.1) is 6.20 Å². The molecule has 0 atom stereocenters. The van der Waals surface area contributed by atoms with E-state index in [4.69, 9.17) is 9.47 Å². The Morgan fingerprint density at radius 3 is 2.72 bits per heavy atom. The topological polar surface area (TPSA) is 67.8 Å². The highest BCUT2D eigenvalue weighted by Crippen LogP contribution is 2.24. The Labute approximate surface area is 189 Å². The van der Waals surface area contributed by atoms with Crippen molar-refractivity contribution >= 4 is 29.9 Å². The molecule has 0 radical (unpaired) electrons. The Bertz CT molecular complexity index is 745. The third-order valence-corrected chi connectivity index (χ3v) is 3.75. The largest absolute Gasteiger partial charge is 0.453 e. The van der Waals surface area contributed by atoms with Gasteiger partial charge >= 0.3 is 0 Å². The number of hydrogen-bond acceptors (Lipinski definition) is 4.